The van der Waals surface area contributed by atoms with Gasteiger partial charge in [-0.1, -0.05) is 30.2 Å². The number of amides is 1. The molecular weight excluding hydrogens is 351 g/mol. The van der Waals surface area contributed by atoms with Crippen molar-refractivity contribution in [2.45, 2.75) is 49.1 Å². The molecule has 3 nitrogen and oxygen atoms in total. The maximum Gasteiger partial charge on any atom is 0.230 e. The summed E-state index contributed by atoms with van der Waals surface area (Å²) in [5.41, 5.74) is 6.14. The van der Waals surface area contributed by atoms with Crippen molar-refractivity contribution < 1.29 is 4.79 Å². The molecule has 1 aromatic carbocycles. The number of hydrogen-bond acceptors (Lipinski definition) is 3. The molecule has 3 N–H and O–H groups in total. The molecule has 1 aromatic rings. The van der Waals surface area contributed by atoms with Crippen LogP contribution in [0.3, 0.4) is 0 Å². The monoisotopic (exact) mass is 374 g/mol. The molecule has 2 saturated carbocycles. The lowest BCUT2D eigenvalue weighted by molar-refractivity contribution is -0.120. The van der Waals surface area contributed by atoms with Gasteiger partial charge in [0.15, 0.2) is 0 Å². The van der Waals surface area contributed by atoms with E-state index in [1.54, 1.807) is 0 Å². The highest BCUT2D eigenvalue weighted by Crippen LogP contribution is 2.39. The lowest BCUT2D eigenvalue weighted by atomic mass is 9.67. The van der Waals surface area contributed by atoms with E-state index < -0.39 is 0 Å². The summed E-state index contributed by atoms with van der Waals surface area (Å²) in [6.45, 7) is 0. The number of nitrogens with two attached hydrogens (primary N) is 1. The molecule has 0 aliphatic heterocycles. The number of fused-ring (bicyclic) bond motifs is 2. The van der Waals surface area contributed by atoms with Crippen molar-refractivity contribution in [3.63, 3.8) is 0 Å². The van der Waals surface area contributed by atoms with Gasteiger partial charge in [0.25, 0.3) is 0 Å². The molecule has 0 saturated heterocycles. The van der Waals surface area contributed by atoms with E-state index in [9.17, 15) is 4.79 Å². The van der Waals surface area contributed by atoms with Crippen molar-refractivity contribution in [3.8, 4) is 0 Å². The van der Waals surface area contributed by atoms with Crippen LogP contribution in [0.2, 0.25) is 5.02 Å². The van der Waals surface area contributed by atoms with E-state index in [1.165, 1.54) is 31.0 Å². The molecule has 0 aromatic heterocycles. The smallest absolute Gasteiger partial charge is 0.230 e. The fraction of sp³-hybridized carbons (Fsp3) is 0.588. The van der Waals surface area contributed by atoms with E-state index in [0.717, 1.165) is 17.7 Å². The molecule has 6 heteroatoms. The zero-order valence-corrected chi connectivity index (χ0v) is 15.4. The lowest BCUT2D eigenvalue weighted by Crippen LogP contribution is -2.54. The number of carbonyl (C=O) groups is 1. The zero-order chi connectivity index (χ0) is 15.5. The minimum Gasteiger partial charge on any atom is -0.352 e. The van der Waals surface area contributed by atoms with Crippen molar-refractivity contribution in [3.05, 3.63) is 29.3 Å². The van der Waals surface area contributed by atoms with Crippen molar-refractivity contribution in [1.82, 2.24) is 5.32 Å². The highest BCUT2D eigenvalue weighted by molar-refractivity contribution is 8.00. The average molecular weight is 375 g/mol. The van der Waals surface area contributed by atoms with Gasteiger partial charge in [-0.25, -0.2) is 0 Å². The minimum atomic E-state index is 0. The number of benzene rings is 1. The van der Waals surface area contributed by atoms with Crippen LogP contribution in [0.4, 0.5) is 0 Å². The van der Waals surface area contributed by atoms with Gasteiger partial charge in [0.2, 0.25) is 5.91 Å². The Morgan fingerprint density at radius 2 is 1.91 bits per heavy atom. The summed E-state index contributed by atoms with van der Waals surface area (Å²) >= 11 is 7.63. The van der Waals surface area contributed by atoms with Gasteiger partial charge in [-0.15, -0.1) is 24.2 Å². The molecule has 3 rings (SSSR count). The SMILES string of the molecule is Cl.NC1CC2CCCC(C1)C2NC(=O)CSc1ccccc1Cl. The van der Waals surface area contributed by atoms with E-state index in [-0.39, 0.29) is 18.3 Å². The quantitative estimate of drug-likeness (QED) is 0.786. The van der Waals surface area contributed by atoms with Crippen LogP contribution in [-0.2, 0) is 4.79 Å². The number of nitrogens with one attached hydrogen (secondary N) is 1. The first kappa shape index (κ1) is 18.9. The Morgan fingerprint density at radius 3 is 2.57 bits per heavy atom. The fourth-order valence-corrected chi connectivity index (χ4v) is 5.01. The van der Waals surface area contributed by atoms with E-state index in [0.29, 0.717) is 34.7 Å². The second-order valence-electron chi connectivity index (χ2n) is 6.49. The van der Waals surface area contributed by atoms with Crippen LogP contribution in [0.15, 0.2) is 29.2 Å². The summed E-state index contributed by atoms with van der Waals surface area (Å²) in [6.07, 6.45) is 5.79. The number of rotatable bonds is 4. The predicted octanol–water partition coefficient (Wildman–Crippen LogP) is 3.88. The van der Waals surface area contributed by atoms with Gasteiger partial charge in [-0.2, -0.15) is 0 Å². The molecule has 2 bridgehead atoms. The summed E-state index contributed by atoms with van der Waals surface area (Å²) < 4.78 is 0. The Bertz CT molecular complexity index is 529. The van der Waals surface area contributed by atoms with Gasteiger partial charge in [-0.3, -0.25) is 4.79 Å². The lowest BCUT2D eigenvalue weighted by Gasteiger charge is -2.45. The maximum atomic E-state index is 12.3. The van der Waals surface area contributed by atoms with Crippen LogP contribution in [0.5, 0.6) is 0 Å². The Balaban J connectivity index is 0.00000192. The van der Waals surface area contributed by atoms with E-state index in [1.807, 2.05) is 24.3 Å². The molecule has 2 aliphatic rings. The van der Waals surface area contributed by atoms with E-state index in [4.69, 9.17) is 17.3 Å². The van der Waals surface area contributed by atoms with Crippen LogP contribution in [0, 0.1) is 11.8 Å². The van der Waals surface area contributed by atoms with Crippen LogP contribution in [-0.4, -0.2) is 23.7 Å². The molecule has 128 valence electrons. The van der Waals surface area contributed by atoms with Crippen molar-refractivity contribution in [2.75, 3.05) is 5.75 Å². The molecule has 0 spiro atoms. The minimum absolute atomic E-state index is 0. The van der Waals surface area contributed by atoms with Crippen LogP contribution < -0.4 is 11.1 Å². The van der Waals surface area contributed by atoms with Gasteiger partial charge in [0, 0.05) is 17.0 Å². The molecule has 2 unspecified atom stereocenters. The highest BCUT2D eigenvalue weighted by atomic mass is 35.5. The second kappa shape index (κ2) is 8.61. The molecule has 2 fully saturated rings. The molecule has 23 heavy (non-hydrogen) atoms. The maximum absolute atomic E-state index is 12.3. The highest BCUT2D eigenvalue weighted by Gasteiger charge is 2.39. The predicted molar refractivity (Wildman–Crippen MR) is 99.4 cm³/mol. The summed E-state index contributed by atoms with van der Waals surface area (Å²) in [7, 11) is 0. The van der Waals surface area contributed by atoms with Crippen LogP contribution in [0.1, 0.15) is 32.1 Å². The molecular formula is C17H24Cl2N2OS. The first-order chi connectivity index (χ1) is 10.6. The number of carbonyl (C=O) groups excluding carboxylic acids is 1. The summed E-state index contributed by atoms with van der Waals surface area (Å²) in [6, 6.07) is 8.30. The summed E-state index contributed by atoms with van der Waals surface area (Å²) in [5.74, 6) is 1.67. The first-order valence-electron chi connectivity index (χ1n) is 8.05. The van der Waals surface area contributed by atoms with Crippen molar-refractivity contribution >= 4 is 41.7 Å². The van der Waals surface area contributed by atoms with Gasteiger partial charge < -0.3 is 11.1 Å². The second-order valence-corrected chi connectivity index (χ2v) is 7.92. The first-order valence-corrected chi connectivity index (χ1v) is 9.42. The van der Waals surface area contributed by atoms with E-state index >= 15 is 0 Å². The summed E-state index contributed by atoms with van der Waals surface area (Å²) in [5, 5.41) is 3.98. The molecule has 2 atom stereocenters. The molecule has 0 heterocycles. The Labute approximate surface area is 153 Å². The number of hydrogen-bond donors (Lipinski definition) is 2. The Hall–Kier alpha value is -0.420. The van der Waals surface area contributed by atoms with E-state index in [2.05, 4.69) is 5.32 Å². The normalized spacial score (nSPS) is 29.5. The van der Waals surface area contributed by atoms with Crippen molar-refractivity contribution in [2.24, 2.45) is 17.6 Å². The fourth-order valence-electron chi connectivity index (χ4n) is 3.96. The van der Waals surface area contributed by atoms with Gasteiger partial charge in [0.1, 0.15) is 0 Å². The van der Waals surface area contributed by atoms with Crippen LogP contribution in [0.25, 0.3) is 0 Å². The topological polar surface area (TPSA) is 55.1 Å². The third kappa shape index (κ3) is 4.79. The largest absolute Gasteiger partial charge is 0.352 e. The summed E-state index contributed by atoms with van der Waals surface area (Å²) in [4.78, 5) is 13.3. The third-order valence-electron chi connectivity index (χ3n) is 4.90. The molecule has 0 radical (unpaired) electrons. The average Bonchev–Trinajstić information content (AvgIpc) is 2.47. The Morgan fingerprint density at radius 1 is 1.26 bits per heavy atom. The van der Waals surface area contributed by atoms with Gasteiger partial charge in [-0.05, 0) is 49.7 Å². The standard InChI is InChI=1S/C17H23ClN2OS.ClH/c18-14-6-1-2-7-15(14)22-10-16(21)20-17-11-4-3-5-12(17)9-13(19)8-11;/h1-2,6-7,11-13,17H,3-5,8-10,19H2,(H,20,21);1H. The third-order valence-corrected chi connectivity index (χ3v) is 6.41. The molecule has 2 aliphatic carbocycles. The van der Waals surface area contributed by atoms with Crippen molar-refractivity contribution in [1.29, 1.82) is 0 Å². The number of thioether (sulfide) groups is 1. The Kier molecular flexibility index (Phi) is 7.08. The van der Waals surface area contributed by atoms with Gasteiger partial charge >= 0.3 is 0 Å². The van der Waals surface area contributed by atoms with Gasteiger partial charge in [0.05, 0.1) is 10.8 Å². The molecule has 1 amide bonds. The number of halogens is 2. The van der Waals surface area contributed by atoms with Crippen LogP contribution >= 0.6 is 35.8 Å². The zero-order valence-electron chi connectivity index (χ0n) is 13.0.